The minimum Gasteiger partial charge on any atom is -0.497 e. The minimum absolute atomic E-state index is 0.0289. The van der Waals surface area contributed by atoms with Gasteiger partial charge in [-0.25, -0.2) is 0 Å². The third-order valence-corrected chi connectivity index (χ3v) is 2.37. The lowest BCUT2D eigenvalue weighted by Crippen LogP contribution is -2.13. The molecule has 1 rings (SSSR count). The molecule has 0 N–H and O–H groups in total. The zero-order chi connectivity index (χ0) is 11.3. The van der Waals surface area contributed by atoms with Gasteiger partial charge in [0.25, 0.3) is 0 Å². The number of hydrogen-bond acceptors (Lipinski definition) is 2. The first-order chi connectivity index (χ1) is 7.07. The Kier molecular flexibility index (Phi) is 3.74. The minimum atomic E-state index is 0.0289. The molecule has 80 valence electrons. The summed E-state index contributed by atoms with van der Waals surface area (Å²) in [6.45, 7) is 4.21. The number of nitrogens with zero attached hydrogens (tertiary/aromatic N) is 1. The van der Waals surface area contributed by atoms with Crippen LogP contribution >= 0.6 is 0 Å². The van der Waals surface area contributed by atoms with Gasteiger partial charge in [0.1, 0.15) is 5.75 Å². The monoisotopic (exact) mass is 203 g/mol. The molecule has 0 fully saturated rings. The highest BCUT2D eigenvalue weighted by atomic mass is 16.5. The molecule has 0 aliphatic heterocycles. The Morgan fingerprint density at radius 1 is 1.40 bits per heavy atom. The third kappa shape index (κ3) is 3.63. The van der Waals surface area contributed by atoms with E-state index in [1.54, 1.807) is 7.11 Å². The molecular formula is C13H17NO. The summed E-state index contributed by atoms with van der Waals surface area (Å²) in [7, 11) is 1.67. The van der Waals surface area contributed by atoms with E-state index in [0.717, 1.165) is 12.2 Å². The smallest absolute Gasteiger partial charge is 0.119 e. The second-order valence-electron chi connectivity index (χ2n) is 4.53. The fourth-order valence-electron chi connectivity index (χ4n) is 1.61. The van der Waals surface area contributed by atoms with Gasteiger partial charge >= 0.3 is 0 Å². The summed E-state index contributed by atoms with van der Waals surface area (Å²) in [4.78, 5) is 0. The van der Waals surface area contributed by atoms with Gasteiger partial charge in [0.05, 0.1) is 13.2 Å². The highest BCUT2D eigenvalue weighted by molar-refractivity contribution is 5.29. The topological polar surface area (TPSA) is 33.0 Å². The zero-order valence-electron chi connectivity index (χ0n) is 9.58. The van der Waals surface area contributed by atoms with E-state index in [4.69, 9.17) is 10.00 Å². The molecule has 0 radical (unpaired) electrons. The number of methoxy groups -OCH3 is 1. The van der Waals surface area contributed by atoms with Crippen molar-refractivity contribution in [1.82, 2.24) is 0 Å². The van der Waals surface area contributed by atoms with Crippen LogP contribution in [0.3, 0.4) is 0 Å². The Morgan fingerprint density at radius 2 is 2.13 bits per heavy atom. The molecule has 0 saturated heterocycles. The molecule has 2 heteroatoms. The van der Waals surface area contributed by atoms with Gasteiger partial charge in [-0.05, 0) is 29.5 Å². The molecule has 0 amide bonds. The van der Waals surface area contributed by atoms with Gasteiger partial charge in [-0.15, -0.1) is 0 Å². The van der Waals surface area contributed by atoms with Crippen LogP contribution in [-0.2, 0) is 6.42 Å². The van der Waals surface area contributed by atoms with Crippen molar-refractivity contribution >= 4 is 0 Å². The van der Waals surface area contributed by atoms with Crippen LogP contribution in [0.1, 0.15) is 25.8 Å². The number of benzene rings is 1. The van der Waals surface area contributed by atoms with Crippen LogP contribution in [0, 0.1) is 16.7 Å². The highest BCUT2D eigenvalue weighted by Gasteiger charge is 2.18. The standard InChI is InChI=1S/C13H17NO/c1-13(2,7-8-14)10-11-5-4-6-12(9-11)15-3/h4-6,9H,7,10H2,1-3H3. The van der Waals surface area contributed by atoms with E-state index in [2.05, 4.69) is 26.0 Å². The molecule has 15 heavy (non-hydrogen) atoms. The molecule has 0 aliphatic rings. The average Bonchev–Trinajstić information content (AvgIpc) is 2.17. The lowest BCUT2D eigenvalue weighted by molar-refractivity contribution is 0.371. The Morgan fingerprint density at radius 3 is 2.73 bits per heavy atom. The van der Waals surface area contributed by atoms with Crippen molar-refractivity contribution in [3.05, 3.63) is 29.8 Å². The lowest BCUT2D eigenvalue weighted by Gasteiger charge is -2.21. The van der Waals surface area contributed by atoms with Crippen LogP contribution in [0.25, 0.3) is 0 Å². The largest absolute Gasteiger partial charge is 0.497 e. The van der Waals surface area contributed by atoms with Crippen LogP contribution in [0.15, 0.2) is 24.3 Å². The van der Waals surface area contributed by atoms with Crippen molar-refractivity contribution in [2.45, 2.75) is 26.7 Å². The van der Waals surface area contributed by atoms with E-state index >= 15 is 0 Å². The fraction of sp³-hybridized carbons (Fsp3) is 0.462. The maximum absolute atomic E-state index is 8.71. The molecule has 0 aromatic heterocycles. The quantitative estimate of drug-likeness (QED) is 0.753. The summed E-state index contributed by atoms with van der Waals surface area (Å²) < 4.78 is 5.16. The Labute approximate surface area is 91.5 Å². The third-order valence-electron chi connectivity index (χ3n) is 2.37. The van der Waals surface area contributed by atoms with E-state index in [9.17, 15) is 0 Å². The van der Waals surface area contributed by atoms with Crippen LogP contribution in [-0.4, -0.2) is 7.11 Å². The molecule has 0 spiro atoms. The molecule has 0 saturated carbocycles. The predicted molar refractivity (Wildman–Crippen MR) is 60.7 cm³/mol. The van der Waals surface area contributed by atoms with E-state index in [1.165, 1.54) is 5.56 Å². The summed E-state index contributed by atoms with van der Waals surface area (Å²) in [5.74, 6) is 0.875. The molecule has 0 aliphatic carbocycles. The number of rotatable bonds is 4. The summed E-state index contributed by atoms with van der Waals surface area (Å²) in [5.41, 5.74) is 1.25. The van der Waals surface area contributed by atoms with Gasteiger partial charge < -0.3 is 4.74 Å². The lowest BCUT2D eigenvalue weighted by atomic mass is 9.83. The van der Waals surface area contributed by atoms with Gasteiger partial charge in [0, 0.05) is 6.42 Å². The SMILES string of the molecule is COc1cccc(CC(C)(C)CC#N)c1. The maximum Gasteiger partial charge on any atom is 0.119 e. The van der Waals surface area contributed by atoms with Crippen LogP contribution in [0.5, 0.6) is 5.75 Å². The van der Waals surface area contributed by atoms with Crippen molar-refractivity contribution < 1.29 is 4.74 Å². The summed E-state index contributed by atoms with van der Waals surface area (Å²) in [6, 6.07) is 10.2. The van der Waals surface area contributed by atoms with E-state index in [-0.39, 0.29) is 5.41 Å². The second-order valence-corrected chi connectivity index (χ2v) is 4.53. The number of nitriles is 1. The maximum atomic E-state index is 8.71. The van der Waals surface area contributed by atoms with Crippen LogP contribution in [0.2, 0.25) is 0 Å². The van der Waals surface area contributed by atoms with Crippen molar-refractivity contribution in [3.63, 3.8) is 0 Å². The summed E-state index contributed by atoms with van der Waals surface area (Å²) >= 11 is 0. The van der Waals surface area contributed by atoms with Crippen molar-refractivity contribution in [1.29, 1.82) is 5.26 Å². The molecule has 0 atom stereocenters. The normalized spacial score (nSPS) is 10.8. The van der Waals surface area contributed by atoms with Crippen LogP contribution < -0.4 is 4.74 Å². The summed E-state index contributed by atoms with van der Waals surface area (Å²) in [6.07, 6.45) is 1.47. The van der Waals surface area contributed by atoms with Gasteiger partial charge in [0.15, 0.2) is 0 Å². The molecule has 1 aromatic carbocycles. The molecule has 0 unspecified atom stereocenters. The number of hydrogen-bond donors (Lipinski definition) is 0. The first kappa shape index (κ1) is 11.6. The van der Waals surface area contributed by atoms with E-state index in [0.29, 0.717) is 6.42 Å². The Balaban J connectivity index is 2.76. The highest BCUT2D eigenvalue weighted by Crippen LogP contribution is 2.26. The summed E-state index contributed by atoms with van der Waals surface area (Å²) in [5, 5.41) is 8.71. The van der Waals surface area contributed by atoms with Crippen LogP contribution in [0.4, 0.5) is 0 Å². The van der Waals surface area contributed by atoms with E-state index < -0.39 is 0 Å². The Hall–Kier alpha value is -1.49. The second kappa shape index (κ2) is 4.84. The van der Waals surface area contributed by atoms with Crippen molar-refractivity contribution in [2.24, 2.45) is 5.41 Å². The predicted octanol–water partition coefficient (Wildman–Crippen LogP) is 3.18. The van der Waals surface area contributed by atoms with Crippen molar-refractivity contribution in [3.8, 4) is 11.8 Å². The van der Waals surface area contributed by atoms with E-state index in [1.807, 2.05) is 18.2 Å². The Bertz CT molecular complexity index is 363. The average molecular weight is 203 g/mol. The van der Waals surface area contributed by atoms with Gasteiger partial charge in [-0.2, -0.15) is 5.26 Å². The van der Waals surface area contributed by atoms with Gasteiger partial charge in [0.2, 0.25) is 0 Å². The first-order valence-electron chi connectivity index (χ1n) is 5.07. The molecule has 0 bridgehead atoms. The molecular weight excluding hydrogens is 186 g/mol. The first-order valence-corrected chi connectivity index (χ1v) is 5.07. The molecule has 1 aromatic rings. The fourth-order valence-corrected chi connectivity index (χ4v) is 1.61. The van der Waals surface area contributed by atoms with Gasteiger partial charge in [-0.1, -0.05) is 26.0 Å². The molecule has 2 nitrogen and oxygen atoms in total. The van der Waals surface area contributed by atoms with Gasteiger partial charge in [-0.3, -0.25) is 0 Å². The number of ether oxygens (including phenoxy) is 1. The molecule has 0 heterocycles. The van der Waals surface area contributed by atoms with Crippen molar-refractivity contribution in [2.75, 3.05) is 7.11 Å². The zero-order valence-corrected chi connectivity index (χ0v) is 9.58.